The van der Waals surface area contributed by atoms with E-state index in [9.17, 15) is 4.79 Å². The van der Waals surface area contributed by atoms with Crippen molar-refractivity contribution in [1.82, 2.24) is 15.5 Å². The highest BCUT2D eigenvalue weighted by molar-refractivity contribution is 5.86. The third-order valence-electron chi connectivity index (χ3n) is 5.43. The minimum Gasteiger partial charge on any atom is -0.353 e. The quantitative estimate of drug-likeness (QED) is 0.827. The number of hydrogen-bond donors (Lipinski definition) is 2. The summed E-state index contributed by atoms with van der Waals surface area (Å²) in [7, 11) is 4.30. The smallest absolute Gasteiger partial charge is 0.240 e. The van der Waals surface area contributed by atoms with Crippen LogP contribution in [0, 0.1) is 0 Å². The van der Waals surface area contributed by atoms with Gasteiger partial charge in [0.05, 0.1) is 5.54 Å². The van der Waals surface area contributed by atoms with Gasteiger partial charge in [-0.3, -0.25) is 4.79 Å². The van der Waals surface area contributed by atoms with Gasteiger partial charge in [-0.1, -0.05) is 19.3 Å². The molecule has 1 saturated carbocycles. The summed E-state index contributed by atoms with van der Waals surface area (Å²) in [5.74, 6) is 0.184. The van der Waals surface area contributed by atoms with E-state index < -0.39 is 0 Å². The Balaban J connectivity index is 1.93. The van der Waals surface area contributed by atoms with E-state index in [2.05, 4.69) is 29.6 Å². The Kier molecular flexibility index (Phi) is 5.08. The first-order valence-electron chi connectivity index (χ1n) is 8.19. The molecule has 2 aliphatic rings. The van der Waals surface area contributed by atoms with Gasteiger partial charge in [0.15, 0.2) is 0 Å². The maximum Gasteiger partial charge on any atom is 0.240 e. The lowest BCUT2D eigenvalue weighted by molar-refractivity contribution is -0.128. The van der Waals surface area contributed by atoms with Gasteiger partial charge in [-0.05, 0) is 59.7 Å². The molecular weight excluding hydrogens is 250 g/mol. The first-order chi connectivity index (χ1) is 9.49. The molecule has 0 aromatic carbocycles. The van der Waals surface area contributed by atoms with Gasteiger partial charge in [-0.15, -0.1) is 0 Å². The molecule has 0 bridgehead atoms. The van der Waals surface area contributed by atoms with E-state index in [1.807, 2.05) is 6.92 Å². The number of nitrogens with one attached hydrogen (secondary N) is 2. The lowest BCUT2D eigenvalue weighted by Crippen LogP contribution is -2.61. The summed E-state index contributed by atoms with van der Waals surface area (Å²) in [6.45, 7) is 3.80. The maximum absolute atomic E-state index is 12.5. The maximum atomic E-state index is 12.5. The van der Waals surface area contributed by atoms with Crippen molar-refractivity contribution in [2.75, 3.05) is 27.2 Å². The highest BCUT2D eigenvalue weighted by Crippen LogP contribution is 2.31. The van der Waals surface area contributed by atoms with Crippen LogP contribution in [-0.2, 0) is 4.79 Å². The summed E-state index contributed by atoms with van der Waals surface area (Å²) in [5, 5.41) is 6.64. The first kappa shape index (κ1) is 15.8. The third kappa shape index (κ3) is 3.34. The van der Waals surface area contributed by atoms with E-state index >= 15 is 0 Å². The zero-order chi connectivity index (χ0) is 14.6. The van der Waals surface area contributed by atoms with Gasteiger partial charge < -0.3 is 15.5 Å². The summed E-state index contributed by atoms with van der Waals surface area (Å²) in [6, 6.07) is 0. The number of piperidine rings is 1. The Morgan fingerprint density at radius 3 is 2.30 bits per heavy atom. The van der Waals surface area contributed by atoms with Gasteiger partial charge in [-0.25, -0.2) is 0 Å². The molecule has 1 saturated heterocycles. The molecule has 4 nitrogen and oxygen atoms in total. The second kappa shape index (κ2) is 6.44. The molecule has 1 amide bonds. The van der Waals surface area contributed by atoms with Crippen LogP contribution in [0.2, 0.25) is 0 Å². The van der Waals surface area contributed by atoms with Crippen LogP contribution in [0.15, 0.2) is 0 Å². The Labute approximate surface area is 123 Å². The SMILES string of the molecule is CN(C)C1(CNC(=O)C2(C)CCCCN2)CCCCC1. The van der Waals surface area contributed by atoms with Crippen LogP contribution in [0.1, 0.15) is 58.3 Å². The number of rotatable bonds is 4. The Morgan fingerprint density at radius 2 is 1.75 bits per heavy atom. The molecule has 1 unspecified atom stereocenters. The van der Waals surface area contributed by atoms with E-state index in [4.69, 9.17) is 0 Å². The number of likely N-dealkylation sites (N-methyl/N-ethyl adjacent to an activating group) is 1. The molecule has 4 heteroatoms. The summed E-state index contributed by atoms with van der Waals surface area (Å²) in [4.78, 5) is 14.9. The minimum absolute atomic E-state index is 0.166. The van der Waals surface area contributed by atoms with Gasteiger partial charge in [0.25, 0.3) is 0 Å². The minimum atomic E-state index is -0.361. The van der Waals surface area contributed by atoms with Crippen LogP contribution < -0.4 is 10.6 Å². The molecule has 20 heavy (non-hydrogen) atoms. The third-order valence-corrected chi connectivity index (χ3v) is 5.43. The normalized spacial score (nSPS) is 30.2. The van der Waals surface area contributed by atoms with E-state index in [1.165, 1.54) is 38.5 Å². The molecular formula is C16H31N3O. The molecule has 2 fully saturated rings. The predicted molar refractivity (Wildman–Crippen MR) is 82.8 cm³/mol. The fourth-order valence-corrected chi connectivity index (χ4v) is 3.68. The number of nitrogens with zero attached hydrogens (tertiary/aromatic N) is 1. The number of hydrogen-bond acceptors (Lipinski definition) is 3. The molecule has 0 radical (unpaired) electrons. The van der Waals surface area contributed by atoms with Crippen LogP contribution in [0.25, 0.3) is 0 Å². The number of carbonyl (C=O) groups is 1. The summed E-state index contributed by atoms with van der Waals surface area (Å²) < 4.78 is 0. The van der Waals surface area contributed by atoms with Gasteiger partial charge in [-0.2, -0.15) is 0 Å². The second-order valence-corrected chi connectivity index (χ2v) is 7.08. The van der Waals surface area contributed by atoms with Crippen molar-refractivity contribution in [2.24, 2.45) is 0 Å². The molecule has 1 heterocycles. The van der Waals surface area contributed by atoms with E-state index in [0.717, 1.165) is 25.9 Å². The summed E-state index contributed by atoms with van der Waals surface area (Å²) >= 11 is 0. The Hall–Kier alpha value is -0.610. The summed E-state index contributed by atoms with van der Waals surface area (Å²) in [5.41, 5.74) is -0.195. The van der Waals surface area contributed by atoms with Crippen molar-refractivity contribution in [1.29, 1.82) is 0 Å². The van der Waals surface area contributed by atoms with Crippen molar-refractivity contribution < 1.29 is 4.79 Å². The molecule has 0 aromatic rings. The first-order valence-corrected chi connectivity index (χ1v) is 8.19. The Bertz CT molecular complexity index is 329. The van der Waals surface area contributed by atoms with Crippen LogP contribution in [0.4, 0.5) is 0 Å². The number of carbonyl (C=O) groups excluding carboxylic acids is 1. The molecule has 1 atom stereocenters. The van der Waals surface area contributed by atoms with Crippen LogP contribution in [0.5, 0.6) is 0 Å². The molecule has 1 aliphatic carbocycles. The van der Waals surface area contributed by atoms with E-state index in [-0.39, 0.29) is 17.0 Å². The molecule has 0 spiro atoms. The van der Waals surface area contributed by atoms with Crippen LogP contribution >= 0.6 is 0 Å². The van der Waals surface area contributed by atoms with E-state index in [1.54, 1.807) is 0 Å². The highest BCUT2D eigenvalue weighted by atomic mass is 16.2. The van der Waals surface area contributed by atoms with Crippen molar-refractivity contribution in [3.8, 4) is 0 Å². The topological polar surface area (TPSA) is 44.4 Å². The molecule has 0 aromatic heterocycles. The standard InChI is InChI=1S/C16H31N3O/c1-15(9-7-8-12-18-15)14(20)17-13-16(19(2)3)10-5-4-6-11-16/h18H,4-13H2,1-3H3,(H,17,20). The van der Waals surface area contributed by atoms with Gasteiger partial charge in [0.1, 0.15) is 0 Å². The monoisotopic (exact) mass is 281 g/mol. The second-order valence-electron chi connectivity index (χ2n) is 7.08. The predicted octanol–water partition coefficient (Wildman–Crippen LogP) is 1.90. The summed E-state index contributed by atoms with van der Waals surface area (Å²) in [6.07, 6.45) is 9.58. The van der Waals surface area contributed by atoms with E-state index in [0.29, 0.717) is 0 Å². The van der Waals surface area contributed by atoms with Crippen molar-refractivity contribution in [3.63, 3.8) is 0 Å². The molecule has 2 N–H and O–H groups in total. The fourth-order valence-electron chi connectivity index (χ4n) is 3.68. The van der Waals surface area contributed by atoms with Crippen molar-refractivity contribution in [2.45, 2.75) is 69.4 Å². The highest BCUT2D eigenvalue weighted by Gasteiger charge is 2.38. The molecule has 2 rings (SSSR count). The van der Waals surface area contributed by atoms with Crippen molar-refractivity contribution >= 4 is 5.91 Å². The van der Waals surface area contributed by atoms with Crippen molar-refractivity contribution in [3.05, 3.63) is 0 Å². The fraction of sp³-hybridized carbons (Fsp3) is 0.938. The zero-order valence-corrected chi connectivity index (χ0v) is 13.4. The molecule has 116 valence electrons. The largest absolute Gasteiger partial charge is 0.353 e. The van der Waals surface area contributed by atoms with Crippen LogP contribution in [0.3, 0.4) is 0 Å². The van der Waals surface area contributed by atoms with Gasteiger partial charge >= 0.3 is 0 Å². The molecule has 1 aliphatic heterocycles. The lowest BCUT2D eigenvalue weighted by Gasteiger charge is -2.44. The lowest BCUT2D eigenvalue weighted by atomic mass is 9.80. The average molecular weight is 281 g/mol. The van der Waals surface area contributed by atoms with Crippen LogP contribution in [-0.4, -0.2) is 49.1 Å². The number of amides is 1. The Morgan fingerprint density at radius 1 is 1.10 bits per heavy atom. The average Bonchev–Trinajstić information content (AvgIpc) is 2.46. The van der Waals surface area contributed by atoms with Gasteiger partial charge in [0, 0.05) is 12.1 Å². The van der Waals surface area contributed by atoms with Gasteiger partial charge in [0.2, 0.25) is 5.91 Å². The zero-order valence-electron chi connectivity index (χ0n) is 13.4.